The molecule has 0 spiro atoms. The van der Waals surface area contributed by atoms with Crippen molar-refractivity contribution in [2.75, 3.05) is 0 Å². The van der Waals surface area contributed by atoms with E-state index in [1.165, 1.54) is 5.56 Å². The third kappa shape index (κ3) is 3.79. The lowest BCUT2D eigenvalue weighted by molar-refractivity contribution is 0.285. The average molecular weight is 274 g/mol. The molecule has 1 heterocycles. The third-order valence-electron chi connectivity index (χ3n) is 3.24. The van der Waals surface area contributed by atoms with Crippen LogP contribution in [0.25, 0.3) is 0 Å². The summed E-state index contributed by atoms with van der Waals surface area (Å²) in [5.41, 5.74) is 1.31. The Balaban J connectivity index is 1.93. The summed E-state index contributed by atoms with van der Waals surface area (Å²) in [6.07, 6.45) is 2.19. The lowest BCUT2D eigenvalue weighted by atomic mass is 10.0. The standard InChI is InChI=1S/C15H22N4O/c1-4-5-10-19-15(16-17-18-19)11-20-14-8-6-13(7-9-14)12(2)3/h6-9,12H,4-5,10-11H2,1-3H3. The number of aromatic nitrogens is 4. The SMILES string of the molecule is CCCCn1nnnc1COc1ccc(C(C)C)cc1. The van der Waals surface area contributed by atoms with Gasteiger partial charge in [-0.15, -0.1) is 5.10 Å². The van der Waals surface area contributed by atoms with Gasteiger partial charge in [0.05, 0.1) is 0 Å². The molecule has 0 aliphatic carbocycles. The van der Waals surface area contributed by atoms with Gasteiger partial charge in [-0.3, -0.25) is 0 Å². The summed E-state index contributed by atoms with van der Waals surface area (Å²) in [5, 5.41) is 11.7. The smallest absolute Gasteiger partial charge is 0.189 e. The first-order chi connectivity index (χ1) is 9.70. The molecule has 20 heavy (non-hydrogen) atoms. The molecular formula is C15H22N4O. The Morgan fingerprint density at radius 3 is 2.60 bits per heavy atom. The van der Waals surface area contributed by atoms with Crippen molar-refractivity contribution >= 4 is 0 Å². The topological polar surface area (TPSA) is 52.8 Å². The zero-order chi connectivity index (χ0) is 14.4. The highest BCUT2D eigenvalue weighted by Gasteiger charge is 2.06. The van der Waals surface area contributed by atoms with Crippen LogP contribution in [0, 0.1) is 0 Å². The van der Waals surface area contributed by atoms with Crippen LogP contribution in [0.3, 0.4) is 0 Å². The van der Waals surface area contributed by atoms with E-state index in [4.69, 9.17) is 4.74 Å². The lowest BCUT2D eigenvalue weighted by Gasteiger charge is -2.09. The summed E-state index contributed by atoms with van der Waals surface area (Å²) in [5.74, 6) is 2.15. The van der Waals surface area contributed by atoms with Gasteiger partial charge in [-0.25, -0.2) is 4.68 Å². The van der Waals surface area contributed by atoms with Crippen LogP contribution in [-0.4, -0.2) is 20.2 Å². The molecule has 108 valence electrons. The van der Waals surface area contributed by atoms with Gasteiger partial charge in [0.15, 0.2) is 5.82 Å². The minimum atomic E-state index is 0.401. The molecule has 0 saturated carbocycles. The largest absolute Gasteiger partial charge is 0.486 e. The van der Waals surface area contributed by atoms with Crippen LogP contribution < -0.4 is 4.74 Å². The van der Waals surface area contributed by atoms with E-state index in [9.17, 15) is 0 Å². The first-order valence-corrected chi connectivity index (χ1v) is 7.18. The van der Waals surface area contributed by atoms with E-state index >= 15 is 0 Å². The van der Waals surface area contributed by atoms with E-state index in [1.54, 1.807) is 0 Å². The highest BCUT2D eigenvalue weighted by Crippen LogP contribution is 2.19. The fourth-order valence-corrected chi connectivity index (χ4v) is 1.91. The van der Waals surface area contributed by atoms with E-state index in [-0.39, 0.29) is 0 Å². The van der Waals surface area contributed by atoms with Crippen LogP contribution in [0.2, 0.25) is 0 Å². The summed E-state index contributed by atoms with van der Waals surface area (Å²) < 4.78 is 7.55. The fourth-order valence-electron chi connectivity index (χ4n) is 1.91. The number of rotatable bonds is 7. The number of aryl methyl sites for hydroxylation is 1. The maximum Gasteiger partial charge on any atom is 0.189 e. The molecular weight excluding hydrogens is 252 g/mol. The van der Waals surface area contributed by atoms with Crippen LogP contribution >= 0.6 is 0 Å². The zero-order valence-corrected chi connectivity index (χ0v) is 12.4. The molecule has 0 aliphatic rings. The Morgan fingerprint density at radius 1 is 1.20 bits per heavy atom. The lowest BCUT2D eigenvalue weighted by Crippen LogP contribution is -2.09. The molecule has 0 N–H and O–H groups in total. The Morgan fingerprint density at radius 2 is 1.95 bits per heavy atom. The molecule has 1 aromatic carbocycles. The summed E-state index contributed by atoms with van der Waals surface area (Å²) >= 11 is 0. The highest BCUT2D eigenvalue weighted by molar-refractivity contribution is 5.28. The van der Waals surface area contributed by atoms with Crippen LogP contribution in [0.1, 0.15) is 50.9 Å². The zero-order valence-electron chi connectivity index (χ0n) is 12.4. The number of tetrazole rings is 1. The van der Waals surface area contributed by atoms with E-state index in [1.807, 2.05) is 16.8 Å². The molecule has 5 heteroatoms. The van der Waals surface area contributed by atoms with Crippen LogP contribution in [0.15, 0.2) is 24.3 Å². The first-order valence-electron chi connectivity index (χ1n) is 7.18. The number of unbranched alkanes of at least 4 members (excludes halogenated alkanes) is 1. The van der Waals surface area contributed by atoms with Crippen molar-refractivity contribution in [3.63, 3.8) is 0 Å². The second-order valence-electron chi connectivity index (χ2n) is 5.18. The molecule has 5 nitrogen and oxygen atoms in total. The molecule has 0 saturated heterocycles. The van der Waals surface area contributed by atoms with Gasteiger partial charge >= 0.3 is 0 Å². The van der Waals surface area contributed by atoms with Gasteiger partial charge in [0.25, 0.3) is 0 Å². The van der Waals surface area contributed by atoms with Crippen molar-refractivity contribution in [2.24, 2.45) is 0 Å². The normalized spacial score (nSPS) is 11.0. The Labute approximate surface area is 120 Å². The molecule has 0 amide bonds. The van der Waals surface area contributed by atoms with Gasteiger partial charge in [-0.2, -0.15) is 0 Å². The van der Waals surface area contributed by atoms with Crippen LogP contribution in [0.4, 0.5) is 0 Å². The van der Waals surface area contributed by atoms with Crippen LogP contribution in [-0.2, 0) is 13.2 Å². The molecule has 0 fully saturated rings. The van der Waals surface area contributed by atoms with Gasteiger partial charge in [0.1, 0.15) is 12.4 Å². The predicted molar refractivity (Wildman–Crippen MR) is 77.6 cm³/mol. The summed E-state index contributed by atoms with van der Waals surface area (Å²) in [6, 6.07) is 8.19. The van der Waals surface area contributed by atoms with E-state index in [0.717, 1.165) is 31.0 Å². The minimum absolute atomic E-state index is 0.401. The van der Waals surface area contributed by atoms with Gasteiger partial charge in [0.2, 0.25) is 0 Å². The molecule has 0 unspecified atom stereocenters. The van der Waals surface area contributed by atoms with Gasteiger partial charge in [-0.05, 0) is 40.5 Å². The number of hydrogen-bond donors (Lipinski definition) is 0. The van der Waals surface area contributed by atoms with Gasteiger partial charge < -0.3 is 4.74 Å². The Bertz CT molecular complexity index is 519. The first kappa shape index (κ1) is 14.5. The number of nitrogens with zero attached hydrogens (tertiary/aromatic N) is 4. The molecule has 2 aromatic rings. The van der Waals surface area contributed by atoms with Crippen molar-refractivity contribution < 1.29 is 4.74 Å². The molecule has 0 atom stereocenters. The minimum Gasteiger partial charge on any atom is -0.486 e. The summed E-state index contributed by atoms with van der Waals surface area (Å²) in [6.45, 7) is 7.75. The second-order valence-corrected chi connectivity index (χ2v) is 5.18. The van der Waals surface area contributed by atoms with Crippen molar-refractivity contribution in [1.82, 2.24) is 20.2 Å². The number of hydrogen-bond acceptors (Lipinski definition) is 4. The number of ether oxygens (including phenoxy) is 1. The van der Waals surface area contributed by atoms with E-state index < -0.39 is 0 Å². The molecule has 2 rings (SSSR count). The second kappa shape index (κ2) is 7.03. The monoisotopic (exact) mass is 274 g/mol. The Hall–Kier alpha value is -1.91. The maximum atomic E-state index is 5.74. The summed E-state index contributed by atoms with van der Waals surface area (Å²) in [7, 11) is 0. The van der Waals surface area contributed by atoms with Gasteiger partial charge in [0, 0.05) is 6.54 Å². The van der Waals surface area contributed by atoms with Crippen molar-refractivity contribution in [3.8, 4) is 5.75 Å². The molecule has 1 aromatic heterocycles. The van der Waals surface area contributed by atoms with Crippen molar-refractivity contribution in [1.29, 1.82) is 0 Å². The highest BCUT2D eigenvalue weighted by atomic mass is 16.5. The molecule has 0 aliphatic heterocycles. The number of benzene rings is 1. The Kier molecular flexibility index (Phi) is 5.09. The van der Waals surface area contributed by atoms with E-state index in [0.29, 0.717) is 12.5 Å². The molecule has 0 radical (unpaired) electrons. The van der Waals surface area contributed by atoms with E-state index in [2.05, 4.69) is 48.4 Å². The predicted octanol–water partition coefficient (Wildman–Crippen LogP) is 3.18. The quantitative estimate of drug-likeness (QED) is 0.778. The van der Waals surface area contributed by atoms with Crippen molar-refractivity contribution in [3.05, 3.63) is 35.7 Å². The molecule has 0 bridgehead atoms. The van der Waals surface area contributed by atoms with Crippen LogP contribution in [0.5, 0.6) is 5.75 Å². The fraction of sp³-hybridized carbons (Fsp3) is 0.533. The van der Waals surface area contributed by atoms with Gasteiger partial charge in [-0.1, -0.05) is 39.3 Å². The third-order valence-corrected chi connectivity index (χ3v) is 3.24. The maximum absolute atomic E-state index is 5.74. The van der Waals surface area contributed by atoms with Crippen molar-refractivity contribution in [2.45, 2.75) is 52.7 Å². The average Bonchev–Trinajstić information content (AvgIpc) is 2.90. The summed E-state index contributed by atoms with van der Waals surface area (Å²) in [4.78, 5) is 0.